The third-order valence-electron chi connectivity index (χ3n) is 5.21. The first kappa shape index (κ1) is 18.2. The number of imidazole rings is 1. The maximum absolute atomic E-state index is 12.7. The van der Waals surface area contributed by atoms with Crippen LogP contribution in [0.25, 0.3) is 0 Å². The Bertz CT molecular complexity index is 721. The summed E-state index contributed by atoms with van der Waals surface area (Å²) in [5, 5.41) is 11.3. The van der Waals surface area contributed by atoms with Crippen LogP contribution in [0.5, 0.6) is 0 Å². The molecule has 9 nitrogen and oxygen atoms in total. The lowest BCUT2D eigenvalue weighted by molar-refractivity contribution is -0.135. The first-order valence-corrected chi connectivity index (χ1v) is 8.92. The van der Waals surface area contributed by atoms with Crippen molar-refractivity contribution in [2.75, 3.05) is 13.1 Å². The predicted octanol–water partition coefficient (Wildman–Crippen LogP) is 1.26. The van der Waals surface area contributed by atoms with Crippen molar-refractivity contribution >= 4 is 18.0 Å². The molecule has 2 N–H and O–H groups in total. The van der Waals surface area contributed by atoms with Gasteiger partial charge in [-0.05, 0) is 25.7 Å². The summed E-state index contributed by atoms with van der Waals surface area (Å²) in [5.74, 6) is 0.373. The Morgan fingerprint density at radius 2 is 1.96 bits per heavy atom. The number of fused-ring (bicyclic) bond motifs is 1. The van der Waals surface area contributed by atoms with E-state index in [4.69, 9.17) is 5.11 Å². The van der Waals surface area contributed by atoms with Crippen LogP contribution < -0.4 is 5.32 Å². The number of hydrogen-bond donors (Lipinski definition) is 2. The van der Waals surface area contributed by atoms with Crippen LogP contribution in [0.4, 0.5) is 9.59 Å². The summed E-state index contributed by atoms with van der Waals surface area (Å²) >= 11 is 0. The molecule has 1 aromatic rings. The van der Waals surface area contributed by atoms with Gasteiger partial charge in [-0.25, -0.2) is 14.6 Å². The van der Waals surface area contributed by atoms with E-state index in [1.54, 1.807) is 15.7 Å². The molecule has 1 atom stereocenters. The van der Waals surface area contributed by atoms with Crippen LogP contribution in [-0.4, -0.2) is 67.7 Å². The van der Waals surface area contributed by atoms with Gasteiger partial charge in [0.1, 0.15) is 11.9 Å². The number of aryl methyl sites for hydroxylation is 1. The quantitative estimate of drug-likeness (QED) is 0.837. The van der Waals surface area contributed by atoms with E-state index in [1.165, 1.54) is 0 Å². The van der Waals surface area contributed by atoms with E-state index in [-0.39, 0.29) is 23.9 Å². The summed E-state index contributed by atoms with van der Waals surface area (Å²) in [4.78, 5) is 43.9. The predicted molar refractivity (Wildman–Crippen MR) is 92.7 cm³/mol. The SMILES string of the molecule is Cc1ncc2n1C(=O)N(C1CCN(C(=O)[C@H](NC(=O)O)C(C)C)CC1)C2. The molecule has 3 rings (SSSR count). The van der Waals surface area contributed by atoms with Gasteiger partial charge in [0.05, 0.1) is 18.4 Å². The topological polar surface area (TPSA) is 108 Å². The zero-order valence-corrected chi connectivity index (χ0v) is 15.3. The number of likely N-dealkylation sites (tertiary alicyclic amines) is 1. The molecule has 1 saturated heterocycles. The molecule has 3 heterocycles. The molecule has 1 aromatic heterocycles. The molecule has 0 aromatic carbocycles. The minimum atomic E-state index is -1.19. The van der Waals surface area contributed by atoms with Gasteiger partial charge in [0, 0.05) is 19.1 Å². The molecule has 9 heteroatoms. The van der Waals surface area contributed by atoms with Gasteiger partial charge in [-0.3, -0.25) is 9.36 Å². The van der Waals surface area contributed by atoms with Crippen molar-refractivity contribution in [3.05, 3.63) is 17.7 Å². The Kier molecular flexibility index (Phi) is 4.88. The number of carboxylic acid groups (broad SMARTS) is 1. The van der Waals surface area contributed by atoms with Crippen molar-refractivity contribution in [1.29, 1.82) is 0 Å². The summed E-state index contributed by atoms with van der Waals surface area (Å²) in [6.07, 6.45) is 1.91. The lowest BCUT2D eigenvalue weighted by Gasteiger charge is -2.38. The molecule has 0 spiro atoms. The van der Waals surface area contributed by atoms with Crippen LogP contribution in [0.2, 0.25) is 0 Å². The van der Waals surface area contributed by atoms with Crippen molar-refractivity contribution in [3.63, 3.8) is 0 Å². The second-order valence-electron chi connectivity index (χ2n) is 7.27. The van der Waals surface area contributed by atoms with Crippen LogP contribution in [0, 0.1) is 12.8 Å². The summed E-state index contributed by atoms with van der Waals surface area (Å²) in [6.45, 7) is 7.03. The number of amides is 3. The fourth-order valence-corrected chi connectivity index (χ4v) is 3.76. The first-order chi connectivity index (χ1) is 12.3. The molecule has 1 fully saturated rings. The minimum Gasteiger partial charge on any atom is -0.465 e. The van der Waals surface area contributed by atoms with Crippen molar-refractivity contribution in [2.45, 2.75) is 52.2 Å². The average Bonchev–Trinajstić information content (AvgIpc) is 3.12. The van der Waals surface area contributed by atoms with Crippen LogP contribution in [-0.2, 0) is 11.3 Å². The maximum Gasteiger partial charge on any atom is 0.405 e. The first-order valence-electron chi connectivity index (χ1n) is 8.92. The second kappa shape index (κ2) is 6.97. The van der Waals surface area contributed by atoms with Gasteiger partial charge in [-0.15, -0.1) is 0 Å². The molecule has 26 heavy (non-hydrogen) atoms. The number of piperidine rings is 1. The Balaban J connectivity index is 1.60. The number of aromatic nitrogens is 2. The van der Waals surface area contributed by atoms with E-state index in [9.17, 15) is 14.4 Å². The van der Waals surface area contributed by atoms with Crippen molar-refractivity contribution < 1.29 is 19.5 Å². The van der Waals surface area contributed by atoms with Gasteiger partial charge >= 0.3 is 12.1 Å². The fourth-order valence-electron chi connectivity index (χ4n) is 3.76. The largest absolute Gasteiger partial charge is 0.465 e. The third-order valence-corrected chi connectivity index (χ3v) is 5.21. The molecule has 2 aliphatic heterocycles. The Morgan fingerprint density at radius 3 is 2.50 bits per heavy atom. The van der Waals surface area contributed by atoms with Crippen LogP contribution >= 0.6 is 0 Å². The van der Waals surface area contributed by atoms with Gasteiger partial charge < -0.3 is 20.2 Å². The number of carbonyl (C=O) groups is 3. The number of rotatable bonds is 4. The number of nitrogens with zero attached hydrogens (tertiary/aromatic N) is 4. The Hall–Kier alpha value is -2.58. The standard InChI is InChI=1S/C17H25N5O4/c1-10(2)14(19-16(24)25)15(23)20-6-4-12(5-7-20)21-9-13-8-18-11(3)22(13)17(21)26/h8,10,12,14,19H,4-7,9H2,1-3H3,(H,24,25)/t14-/m1/s1. The molecular weight excluding hydrogens is 338 g/mol. The maximum atomic E-state index is 12.7. The van der Waals surface area contributed by atoms with Crippen LogP contribution in [0.15, 0.2) is 6.20 Å². The number of hydrogen-bond acceptors (Lipinski definition) is 4. The highest BCUT2D eigenvalue weighted by molar-refractivity contribution is 5.85. The summed E-state index contributed by atoms with van der Waals surface area (Å²) < 4.78 is 1.64. The minimum absolute atomic E-state index is 0.0487. The highest BCUT2D eigenvalue weighted by Crippen LogP contribution is 2.26. The van der Waals surface area contributed by atoms with Crippen molar-refractivity contribution in [2.24, 2.45) is 5.92 Å². The summed E-state index contributed by atoms with van der Waals surface area (Å²) in [6, 6.07) is -0.713. The van der Waals surface area contributed by atoms with Gasteiger partial charge in [-0.2, -0.15) is 0 Å². The highest BCUT2D eigenvalue weighted by Gasteiger charge is 2.37. The molecule has 0 saturated carbocycles. The second-order valence-corrected chi connectivity index (χ2v) is 7.27. The molecule has 0 unspecified atom stereocenters. The summed E-state index contributed by atoms with van der Waals surface area (Å²) in [7, 11) is 0. The van der Waals surface area contributed by atoms with E-state index in [0.717, 1.165) is 5.69 Å². The molecule has 0 bridgehead atoms. The van der Waals surface area contributed by atoms with Crippen molar-refractivity contribution in [1.82, 2.24) is 24.7 Å². The molecule has 3 amide bonds. The third kappa shape index (κ3) is 3.25. The zero-order chi connectivity index (χ0) is 19.0. The Labute approximate surface area is 152 Å². The van der Waals surface area contributed by atoms with Crippen LogP contribution in [0.3, 0.4) is 0 Å². The van der Waals surface area contributed by atoms with Crippen molar-refractivity contribution in [3.8, 4) is 0 Å². The van der Waals surface area contributed by atoms with Crippen LogP contribution in [0.1, 0.15) is 38.2 Å². The van der Waals surface area contributed by atoms with E-state index in [0.29, 0.717) is 38.3 Å². The van der Waals surface area contributed by atoms with Gasteiger partial charge in [-0.1, -0.05) is 13.8 Å². The highest BCUT2D eigenvalue weighted by atomic mass is 16.4. The zero-order valence-electron chi connectivity index (χ0n) is 15.3. The summed E-state index contributed by atoms with van der Waals surface area (Å²) in [5.41, 5.74) is 0.900. The lowest BCUT2D eigenvalue weighted by Crippen LogP contribution is -2.54. The van der Waals surface area contributed by atoms with E-state index in [2.05, 4.69) is 10.3 Å². The van der Waals surface area contributed by atoms with E-state index < -0.39 is 12.1 Å². The fraction of sp³-hybridized carbons (Fsp3) is 0.647. The lowest BCUT2D eigenvalue weighted by atomic mass is 9.99. The van der Waals surface area contributed by atoms with Gasteiger partial charge in [0.25, 0.3) is 0 Å². The molecule has 2 aliphatic rings. The van der Waals surface area contributed by atoms with Gasteiger partial charge in [0.2, 0.25) is 5.91 Å². The molecule has 142 valence electrons. The molecular formula is C17H25N5O4. The van der Waals surface area contributed by atoms with Gasteiger partial charge in [0.15, 0.2) is 0 Å². The number of nitrogens with one attached hydrogen (secondary N) is 1. The van der Waals surface area contributed by atoms with E-state index in [1.807, 2.05) is 25.7 Å². The monoisotopic (exact) mass is 363 g/mol. The molecule has 0 aliphatic carbocycles. The number of carbonyl (C=O) groups excluding carboxylic acids is 2. The van der Waals surface area contributed by atoms with E-state index >= 15 is 0 Å². The molecule has 0 radical (unpaired) electrons. The normalized spacial score (nSPS) is 19.0. The smallest absolute Gasteiger partial charge is 0.405 e. The average molecular weight is 363 g/mol. The Morgan fingerprint density at radius 1 is 1.31 bits per heavy atom.